The zero-order valence-electron chi connectivity index (χ0n) is 20.5. The Kier molecular flexibility index (Phi) is 8.98. The van der Waals surface area contributed by atoms with Gasteiger partial charge in [0, 0.05) is 23.9 Å². The van der Waals surface area contributed by atoms with E-state index in [9.17, 15) is 4.39 Å². The van der Waals surface area contributed by atoms with Gasteiger partial charge in [-0.3, -0.25) is 5.01 Å². The second kappa shape index (κ2) is 12.1. The molecule has 0 saturated carbocycles. The third kappa shape index (κ3) is 5.64. The quantitative estimate of drug-likeness (QED) is 0.168. The minimum atomic E-state index is -1.22. The lowest BCUT2D eigenvalue weighted by Crippen LogP contribution is -2.40. The number of likely N-dealkylation sites (N-methyl/N-ethyl adjacent to an activating group) is 1. The summed E-state index contributed by atoms with van der Waals surface area (Å²) < 4.78 is 40.7. The molecule has 3 aromatic rings. The van der Waals surface area contributed by atoms with Crippen LogP contribution in [0.25, 0.3) is 11.1 Å². The molecule has 1 heterocycles. The number of rotatable bonds is 10. The number of methoxy groups -OCH3 is 1. The normalized spacial score (nSPS) is 11.6. The van der Waals surface area contributed by atoms with Gasteiger partial charge in [-0.1, -0.05) is 32.0 Å². The van der Waals surface area contributed by atoms with Gasteiger partial charge in [0.05, 0.1) is 18.4 Å². The summed E-state index contributed by atoms with van der Waals surface area (Å²) in [5, 5.41) is 4.51. The zero-order chi connectivity index (χ0) is 26.2. The Balaban J connectivity index is 1.91. The summed E-state index contributed by atoms with van der Waals surface area (Å²) in [5.74, 6) is 9.68. The summed E-state index contributed by atoms with van der Waals surface area (Å²) in [6, 6.07) is 11.5. The van der Waals surface area contributed by atoms with Crippen molar-refractivity contribution < 1.29 is 18.3 Å². The first-order chi connectivity index (χ1) is 17.4. The minimum absolute atomic E-state index is 0.0468. The van der Waals surface area contributed by atoms with Gasteiger partial charge in [0.1, 0.15) is 18.2 Å². The van der Waals surface area contributed by atoms with Gasteiger partial charge in [0.25, 0.3) is 0 Å². The molecular weight excluding hydrogens is 468 g/mol. The molecule has 0 amide bonds. The molecule has 0 saturated heterocycles. The highest BCUT2D eigenvalue weighted by Gasteiger charge is 2.24. The van der Waals surface area contributed by atoms with Gasteiger partial charge in [-0.2, -0.15) is 9.49 Å². The van der Waals surface area contributed by atoms with Gasteiger partial charge in [0.15, 0.2) is 17.4 Å². The molecule has 0 spiro atoms. The van der Waals surface area contributed by atoms with Crippen molar-refractivity contribution in [3.63, 3.8) is 0 Å². The van der Waals surface area contributed by atoms with Crippen LogP contribution < -0.4 is 31.9 Å². The van der Waals surface area contributed by atoms with E-state index in [-0.39, 0.29) is 35.3 Å². The van der Waals surface area contributed by atoms with E-state index in [0.717, 1.165) is 23.7 Å². The molecule has 9 nitrogen and oxygen atoms in total. The van der Waals surface area contributed by atoms with Gasteiger partial charge in [-0.05, 0) is 37.4 Å². The largest absolute Gasteiger partial charge is 0.496 e. The van der Waals surface area contributed by atoms with Crippen LogP contribution in [0.15, 0.2) is 53.8 Å². The maximum atomic E-state index is 15.0. The number of hydrazone groups is 1. The lowest BCUT2D eigenvalue weighted by molar-refractivity contribution is 0.216. The number of nitrogen functional groups attached to an aromatic ring is 1. The van der Waals surface area contributed by atoms with Crippen LogP contribution in [-0.4, -0.2) is 49.1 Å². The van der Waals surface area contributed by atoms with E-state index >= 15 is 4.39 Å². The molecule has 3 rings (SSSR count). The Labute approximate surface area is 209 Å². The first-order valence-electron chi connectivity index (χ1n) is 11.4. The average Bonchev–Trinajstić information content (AvgIpc) is 2.90. The number of nitrogens with two attached hydrogens (primary N) is 3. The molecule has 2 aromatic carbocycles. The summed E-state index contributed by atoms with van der Waals surface area (Å²) in [4.78, 5) is 6.31. The van der Waals surface area contributed by atoms with E-state index in [4.69, 9.17) is 26.9 Å². The van der Waals surface area contributed by atoms with Crippen molar-refractivity contribution in [2.45, 2.75) is 13.8 Å². The Morgan fingerprint density at radius 3 is 2.44 bits per heavy atom. The van der Waals surface area contributed by atoms with E-state index in [1.165, 1.54) is 12.1 Å². The van der Waals surface area contributed by atoms with Crippen LogP contribution in [0.1, 0.15) is 19.4 Å². The fourth-order valence-corrected chi connectivity index (χ4v) is 3.70. The standard InChI is InChI=1S/C25H31F2N7O2/c1-4-33(5-2)12-13-36-21-11-10-19(22(26)23(21)27)34(30)25(32-29)18-14-16(15-31-24(18)28)17-8-6-7-9-20(17)35-3/h6-11,14-15H,4-5,12-13,29-30H2,1-3H3,(H2,28,31)/b32-25-. The highest BCUT2D eigenvalue weighted by molar-refractivity contribution is 6.12. The number of hydrogen-bond acceptors (Lipinski definition) is 8. The van der Waals surface area contributed by atoms with Crippen LogP contribution in [0.4, 0.5) is 20.3 Å². The topological polar surface area (TPSA) is 128 Å². The molecule has 0 aliphatic rings. The third-order valence-electron chi connectivity index (χ3n) is 5.77. The third-order valence-corrected chi connectivity index (χ3v) is 5.77. The van der Waals surface area contributed by atoms with Gasteiger partial charge in [-0.15, -0.1) is 0 Å². The number of anilines is 2. The van der Waals surface area contributed by atoms with E-state index in [2.05, 4.69) is 15.0 Å². The maximum absolute atomic E-state index is 15.0. The Hall–Kier alpha value is -3.96. The average molecular weight is 500 g/mol. The van der Waals surface area contributed by atoms with Crippen LogP contribution >= 0.6 is 0 Å². The van der Waals surface area contributed by atoms with E-state index in [1.807, 2.05) is 32.0 Å². The molecule has 0 aliphatic heterocycles. The Morgan fingerprint density at radius 2 is 1.78 bits per heavy atom. The van der Waals surface area contributed by atoms with Crippen LogP contribution in [-0.2, 0) is 0 Å². The van der Waals surface area contributed by atoms with Gasteiger partial charge >= 0.3 is 0 Å². The van der Waals surface area contributed by atoms with Gasteiger partial charge in [-0.25, -0.2) is 15.2 Å². The predicted octanol–water partition coefficient (Wildman–Crippen LogP) is 3.34. The van der Waals surface area contributed by atoms with Gasteiger partial charge in [0.2, 0.25) is 5.82 Å². The molecule has 11 heteroatoms. The predicted molar refractivity (Wildman–Crippen MR) is 138 cm³/mol. The molecule has 36 heavy (non-hydrogen) atoms. The van der Waals surface area contributed by atoms with Crippen LogP contribution in [0, 0.1) is 11.6 Å². The summed E-state index contributed by atoms with van der Waals surface area (Å²) in [6.07, 6.45) is 1.55. The highest BCUT2D eigenvalue weighted by atomic mass is 19.2. The monoisotopic (exact) mass is 499 g/mol. The van der Waals surface area contributed by atoms with Gasteiger partial charge < -0.3 is 25.9 Å². The van der Waals surface area contributed by atoms with Crippen molar-refractivity contribution >= 4 is 17.3 Å². The zero-order valence-corrected chi connectivity index (χ0v) is 20.5. The highest BCUT2D eigenvalue weighted by Crippen LogP contribution is 2.32. The van der Waals surface area contributed by atoms with Crippen molar-refractivity contribution in [3.05, 3.63) is 65.9 Å². The van der Waals surface area contributed by atoms with Crippen molar-refractivity contribution in [1.82, 2.24) is 9.88 Å². The SMILES string of the molecule is CCN(CC)CCOc1ccc(N(N)/C(=N\N)c2cc(-c3ccccc3OC)cnc2N)c(F)c1F. The van der Waals surface area contributed by atoms with Crippen LogP contribution in [0.3, 0.4) is 0 Å². The van der Waals surface area contributed by atoms with Crippen LogP contribution in [0.2, 0.25) is 0 Å². The summed E-state index contributed by atoms with van der Waals surface area (Å²) in [6.45, 7) is 6.47. The summed E-state index contributed by atoms with van der Waals surface area (Å²) >= 11 is 0. The van der Waals surface area contributed by atoms with E-state index in [1.54, 1.807) is 25.4 Å². The second-order valence-corrected chi connectivity index (χ2v) is 7.77. The van der Waals surface area contributed by atoms with Crippen LogP contribution in [0.5, 0.6) is 11.5 Å². The molecule has 0 bridgehead atoms. The number of hydrazine groups is 1. The molecular formula is C25H31F2N7O2. The molecule has 0 aliphatic carbocycles. The first kappa shape index (κ1) is 26.6. The fraction of sp³-hybridized carbons (Fsp3) is 0.280. The van der Waals surface area contributed by atoms with Crippen molar-refractivity contribution in [3.8, 4) is 22.6 Å². The van der Waals surface area contributed by atoms with Crippen molar-refractivity contribution in [2.75, 3.05) is 44.1 Å². The number of benzene rings is 2. The lowest BCUT2D eigenvalue weighted by atomic mass is 10.0. The first-order valence-corrected chi connectivity index (χ1v) is 11.4. The molecule has 0 radical (unpaired) electrons. The summed E-state index contributed by atoms with van der Waals surface area (Å²) in [5.41, 5.74) is 7.35. The Bertz CT molecular complexity index is 1220. The second-order valence-electron chi connectivity index (χ2n) is 7.77. The number of aromatic nitrogens is 1. The number of hydrogen-bond donors (Lipinski definition) is 3. The lowest BCUT2D eigenvalue weighted by Gasteiger charge is -2.23. The van der Waals surface area contributed by atoms with E-state index < -0.39 is 11.6 Å². The number of ether oxygens (including phenoxy) is 2. The molecule has 6 N–H and O–H groups in total. The molecule has 1 aromatic heterocycles. The molecule has 192 valence electrons. The minimum Gasteiger partial charge on any atom is -0.496 e. The number of amidine groups is 1. The fourth-order valence-electron chi connectivity index (χ4n) is 3.70. The number of para-hydroxylation sites is 1. The summed E-state index contributed by atoms with van der Waals surface area (Å²) in [7, 11) is 1.55. The number of halogens is 2. The number of nitrogens with zero attached hydrogens (tertiary/aromatic N) is 4. The van der Waals surface area contributed by atoms with E-state index in [0.29, 0.717) is 17.9 Å². The van der Waals surface area contributed by atoms with Crippen molar-refractivity contribution in [2.24, 2.45) is 16.8 Å². The maximum Gasteiger partial charge on any atom is 0.202 e. The molecule has 0 atom stereocenters. The molecule has 0 unspecified atom stereocenters. The Morgan fingerprint density at radius 1 is 1.06 bits per heavy atom. The number of pyridine rings is 1. The smallest absolute Gasteiger partial charge is 0.202 e. The molecule has 0 fully saturated rings. The van der Waals surface area contributed by atoms with Crippen molar-refractivity contribution in [1.29, 1.82) is 0 Å².